The van der Waals surface area contributed by atoms with Gasteiger partial charge in [-0.2, -0.15) is 0 Å². The Kier molecular flexibility index (Phi) is 4.45. The molecule has 2 N–H and O–H groups in total. The monoisotopic (exact) mass is 352 g/mol. The summed E-state index contributed by atoms with van der Waals surface area (Å²) in [5.74, 6) is -1.60. The molecule has 0 saturated carbocycles. The zero-order valence-electron chi connectivity index (χ0n) is 14.1. The molecule has 1 aliphatic rings. The van der Waals surface area contributed by atoms with Crippen molar-refractivity contribution < 1.29 is 24.2 Å². The maximum absolute atomic E-state index is 12.8. The van der Waals surface area contributed by atoms with Gasteiger partial charge in [-0.15, -0.1) is 0 Å². The Morgan fingerprint density at radius 3 is 2.42 bits per heavy atom. The Balaban J connectivity index is 2.04. The van der Waals surface area contributed by atoms with E-state index in [2.05, 4.69) is 5.32 Å². The Morgan fingerprint density at radius 2 is 1.77 bits per heavy atom. The van der Waals surface area contributed by atoms with Crippen LogP contribution < -0.4 is 15.0 Å². The van der Waals surface area contributed by atoms with Gasteiger partial charge < -0.3 is 9.84 Å². The Labute approximate surface area is 149 Å². The van der Waals surface area contributed by atoms with E-state index in [4.69, 9.17) is 4.74 Å². The fraction of sp³-hybridized carbons (Fsp3) is 0.105. The summed E-state index contributed by atoms with van der Waals surface area (Å²) in [7, 11) is 1.39. The number of imide groups is 2. The summed E-state index contributed by atoms with van der Waals surface area (Å²) in [4.78, 5) is 37.9. The van der Waals surface area contributed by atoms with Crippen LogP contribution in [-0.2, 0) is 9.59 Å². The van der Waals surface area contributed by atoms with Gasteiger partial charge in [0.05, 0.1) is 12.8 Å². The number of hydrogen-bond donors (Lipinski definition) is 2. The Hall–Kier alpha value is -3.61. The number of carbonyl (C=O) groups excluding carboxylic acids is 3. The van der Waals surface area contributed by atoms with Crippen molar-refractivity contribution in [2.45, 2.75) is 6.92 Å². The van der Waals surface area contributed by atoms with Gasteiger partial charge in [-0.3, -0.25) is 14.9 Å². The summed E-state index contributed by atoms with van der Waals surface area (Å²) >= 11 is 0. The Morgan fingerprint density at radius 1 is 1.08 bits per heavy atom. The van der Waals surface area contributed by atoms with Crippen molar-refractivity contribution in [3.8, 4) is 11.5 Å². The third-order valence-electron chi connectivity index (χ3n) is 3.94. The minimum absolute atomic E-state index is 0.203. The third kappa shape index (κ3) is 3.02. The molecule has 0 unspecified atom stereocenters. The first kappa shape index (κ1) is 17.2. The molecule has 7 nitrogen and oxygen atoms in total. The zero-order chi connectivity index (χ0) is 18.8. The van der Waals surface area contributed by atoms with Gasteiger partial charge in [0.25, 0.3) is 11.8 Å². The van der Waals surface area contributed by atoms with E-state index in [9.17, 15) is 19.5 Å². The number of anilines is 1. The van der Waals surface area contributed by atoms with Crippen LogP contribution in [0.4, 0.5) is 10.5 Å². The number of urea groups is 1. The highest BCUT2D eigenvalue weighted by Crippen LogP contribution is 2.32. The topological polar surface area (TPSA) is 95.9 Å². The predicted molar refractivity (Wildman–Crippen MR) is 94.8 cm³/mol. The van der Waals surface area contributed by atoms with Crippen LogP contribution in [0.3, 0.4) is 0 Å². The average Bonchev–Trinajstić information content (AvgIpc) is 2.61. The number of hydrogen-bond acceptors (Lipinski definition) is 5. The molecule has 0 spiro atoms. The van der Waals surface area contributed by atoms with E-state index in [-0.39, 0.29) is 22.6 Å². The molecule has 0 atom stereocenters. The lowest BCUT2D eigenvalue weighted by Gasteiger charge is -2.26. The Bertz CT molecular complexity index is 931. The number of benzene rings is 2. The van der Waals surface area contributed by atoms with E-state index >= 15 is 0 Å². The number of rotatable bonds is 3. The minimum atomic E-state index is -0.828. The van der Waals surface area contributed by atoms with Crippen molar-refractivity contribution in [1.82, 2.24) is 5.32 Å². The number of aromatic hydroxyl groups is 1. The average molecular weight is 352 g/mol. The van der Waals surface area contributed by atoms with Crippen molar-refractivity contribution in [1.29, 1.82) is 0 Å². The lowest BCUT2D eigenvalue weighted by atomic mass is 10.1. The molecule has 3 rings (SSSR count). The lowest BCUT2D eigenvalue weighted by Crippen LogP contribution is -2.54. The summed E-state index contributed by atoms with van der Waals surface area (Å²) in [5, 5.41) is 12.3. The van der Waals surface area contributed by atoms with E-state index in [1.807, 2.05) is 6.92 Å². The largest absolute Gasteiger partial charge is 0.504 e. The van der Waals surface area contributed by atoms with Crippen molar-refractivity contribution in [3.63, 3.8) is 0 Å². The number of methoxy groups -OCH3 is 1. The number of barbiturate groups is 1. The molecule has 132 valence electrons. The van der Waals surface area contributed by atoms with Crippen molar-refractivity contribution in [2.75, 3.05) is 12.0 Å². The maximum Gasteiger partial charge on any atom is 0.335 e. The highest BCUT2D eigenvalue weighted by atomic mass is 16.5. The van der Waals surface area contributed by atoms with E-state index in [1.165, 1.54) is 19.3 Å². The van der Waals surface area contributed by atoms with E-state index in [0.717, 1.165) is 10.5 Å². The van der Waals surface area contributed by atoms with Gasteiger partial charge in [0.15, 0.2) is 11.5 Å². The second-order valence-electron chi connectivity index (χ2n) is 5.69. The van der Waals surface area contributed by atoms with Crippen LogP contribution in [0, 0.1) is 6.92 Å². The quantitative estimate of drug-likeness (QED) is 0.653. The highest BCUT2D eigenvalue weighted by Gasteiger charge is 2.36. The summed E-state index contributed by atoms with van der Waals surface area (Å²) < 4.78 is 5.02. The van der Waals surface area contributed by atoms with Gasteiger partial charge in [0.1, 0.15) is 5.57 Å². The van der Waals surface area contributed by atoms with Crippen LogP contribution in [-0.4, -0.2) is 30.1 Å². The predicted octanol–water partition coefficient (Wildman–Crippen LogP) is 2.38. The maximum atomic E-state index is 12.8. The molecule has 1 fully saturated rings. The van der Waals surface area contributed by atoms with Crippen LogP contribution in [0.25, 0.3) is 6.08 Å². The summed E-state index contributed by atoms with van der Waals surface area (Å²) in [6.07, 6.45) is 1.23. The fourth-order valence-electron chi connectivity index (χ4n) is 2.56. The first-order valence-corrected chi connectivity index (χ1v) is 7.76. The fourth-order valence-corrected chi connectivity index (χ4v) is 2.56. The molecule has 1 heterocycles. The summed E-state index contributed by atoms with van der Waals surface area (Å²) in [6.45, 7) is 1.88. The second kappa shape index (κ2) is 6.72. The molecule has 1 saturated heterocycles. The molecule has 0 bridgehead atoms. The number of nitrogens with zero attached hydrogens (tertiary/aromatic N) is 1. The third-order valence-corrected chi connectivity index (χ3v) is 3.94. The van der Waals surface area contributed by atoms with Crippen LogP contribution >= 0.6 is 0 Å². The highest BCUT2D eigenvalue weighted by molar-refractivity contribution is 6.39. The number of amides is 4. The van der Waals surface area contributed by atoms with Crippen LogP contribution in [0.2, 0.25) is 0 Å². The smallest absolute Gasteiger partial charge is 0.335 e. The molecule has 4 amide bonds. The number of phenols is 1. The van der Waals surface area contributed by atoms with Crippen molar-refractivity contribution >= 4 is 29.6 Å². The molecule has 0 aromatic heterocycles. The number of nitrogens with one attached hydrogen (secondary N) is 1. The number of carbonyl (C=O) groups is 3. The summed E-state index contributed by atoms with van der Waals surface area (Å²) in [5.41, 5.74) is 1.26. The standard InChI is InChI=1S/C19H16N2O5/c1-11-6-8-13(9-7-11)21-18(24)14(17(23)20-19(21)25)10-12-4-3-5-15(26-2)16(12)22/h3-10,22H,1-2H3,(H,20,23,25)/b14-10-. The summed E-state index contributed by atoms with van der Waals surface area (Å²) in [6, 6.07) is 10.6. The number of para-hydroxylation sites is 1. The SMILES string of the molecule is COc1cccc(/C=C2/C(=O)NC(=O)N(c3ccc(C)cc3)C2=O)c1O. The first-order chi connectivity index (χ1) is 12.4. The molecule has 7 heteroatoms. The molecule has 1 aliphatic heterocycles. The van der Waals surface area contributed by atoms with Crippen LogP contribution in [0.5, 0.6) is 11.5 Å². The molecular weight excluding hydrogens is 336 g/mol. The van der Waals surface area contributed by atoms with Gasteiger partial charge in [0, 0.05) is 5.56 Å². The van der Waals surface area contributed by atoms with Gasteiger partial charge in [-0.05, 0) is 31.2 Å². The van der Waals surface area contributed by atoms with Crippen molar-refractivity contribution in [3.05, 3.63) is 59.2 Å². The number of ether oxygens (including phenoxy) is 1. The molecule has 0 aliphatic carbocycles. The molecule has 2 aromatic carbocycles. The number of phenolic OH excluding ortho intramolecular Hbond substituents is 1. The van der Waals surface area contributed by atoms with Crippen LogP contribution in [0.15, 0.2) is 48.0 Å². The van der Waals surface area contributed by atoms with Gasteiger partial charge in [0.2, 0.25) is 0 Å². The minimum Gasteiger partial charge on any atom is -0.504 e. The van der Waals surface area contributed by atoms with Gasteiger partial charge in [-0.25, -0.2) is 9.69 Å². The normalized spacial score (nSPS) is 16.0. The van der Waals surface area contributed by atoms with E-state index in [0.29, 0.717) is 5.69 Å². The number of aryl methyl sites for hydroxylation is 1. The van der Waals surface area contributed by atoms with Crippen LogP contribution in [0.1, 0.15) is 11.1 Å². The first-order valence-electron chi connectivity index (χ1n) is 7.76. The van der Waals surface area contributed by atoms with Gasteiger partial charge >= 0.3 is 6.03 Å². The van der Waals surface area contributed by atoms with E-state index < -0.39 is 17.8 Å². The molecule has 2 aromatic rings. The zero-order valence-corrected chi connectivity index (χ0v) is 14.1. The molecule has 0 radical (unpaired) electrons. The molecule has 26 heavy (non-hydrogen) atoms. The second-order valence-corrected chi connectivity index (χ2v) is 5.69. The molecular formula is C19H16N2O5. The van der Waals surface area contributed by atoms with Gasteiger partial charge in [-0.1, -0.05) is 29.8 Å². The lowest BCUT2D eigenvalue weighted by molar-refractivity contribution is -0.122. The van der Waals surface area contributed by atoms with E-state index in [1.54, 1.807) is 36.4 Å². The van der Waals surface area contributed by atoms with Crippen molar-refractivity contribution in [2.24, 2.45) is 0 Å².